The van der Waals surface area contributed by atoms with Crippen LogP contribution in [0.4, 0.5) is 0 Å². The van der Waals surface area contributed by atoms with Crippen LogP contribution in [0.1, 0.15) is 92.9 Å². The normalized spacial score (nSPS) is 28.0. The van der Waals surface area contributed by atoms with Crippen molar-refractivity contribution >= 4 is 5.97 Å². The summed E-state index contributed by atoms with van der Waals surface area (Å²) >= 11 is 0. The van der Waals surface area contributed by atoms with Crippen molar-refractivity contribution in [1.29, 1.82) is 0 Å². The predicted octanol–water partition coefficient (Wildman–Crippen LogP) is 4.76. The van der Waals surface area contributed by atoms with Crippen molar-refractivity contribution in [3.05, 3.63) is 12.2 Å². The highest BCUT2D eigenvalue weighted by Gasteiger charge is 2.35. The lowest BCUT2D eigenvalue weighted by atomic mass is 9.90. The van der Waals surface area contributed by atoms with Crippen LogP contribution in [0, 0.1) is 5.92 Å². The fourth-order valence-electron chi connectivity index (χ4n) is 3.48. The van der Waals surface area contributed by atoms with E-state index in [0.29, 0.717) is 25.4 Å². The average molecular weight is 431 g/mol. The van der Waals surface area contributed by atoms with Crippen molar-refractivity contribution in [3.63, 3.8) is 0 Å². The van der Waals surface area contributed by atoms with E-state index in [0.717, 1.165) is 12.8 Å². The number of carbonyl (C=O) groups excluding carboxylic acids is 1. The first kappa shape index (κ1) is 29.1. The van der Waals surface area contributed by atoms with E-state index < -0.39 is 18.5 Å². The second-order valence-electron chi connectivity index (χ2n) is 7.64. The maximum absolute atomic E-state index is 11.7. The molecular formula is C24H46O6. The zero-order chi connectivity index (χ0) is 22.9. The Labute approximate surface area is 184 Å². The first-order chi connectivity index (χ1) is 14.5. The molecule has 0 aromatic heterocycles. The minimum atomic E-state index is -0.825. The molecule has 5 atom stereocenters. The number of ether oxygens (including phenoxy) is 3. The number of rotatable bonds is 8. The van der Waals surface area contributed by atoms with Crippen LogP contribution in [-0.2, 0) is 19.0 Å². The topological polar surface area (TPSA) is 85.2 Å². The number of aliphatic hydroxyl groups excluding tert-OH is 2. The first-order valence-electron chi connectivity index (χ1n) is 12.0. The first-order valence-corrected chi connectivity index (χ1v) is 12.0. The van der Waals surface area contributed by atoms with Gasteiger partial charge in [0.15, 0.2) is 6.29 Å². The largest absolute Gasteiger partial charge is 0.462 e. The van der Waals surface area contributed by atoms with Gasteiger partial charge in [-0.1, -0.05) is 53.0 Å². The third-order valence-electron chi connectivity index (χ3n) is 5.23. The molecule has 0 bridgehead atoms. The minimum absolute atomic E-state index is 0.125. The summed E-state index contributed by atoms with van der Waals surface area (Å²) in [5.41, 5.74) is 0. The Balaban J connectivity index is 0.00000198. The molecule has 6 heteroatoms. The number of hydrogen-bond acceptors (Lipinski definition) is 6. The molecule has 0 unspecified atom stereocenters. The molecular weight excluding hydrogens is 384 g/mol. The number of aliphatic hydroxyl groups is 2. The van der Waals surface area contributed by atoms with Crippen molar-refractivity contribution in [2.45, 2.75) is 124 Å². The third-order valence-corrected chi connectivity index (χ3v) is 5.23. The highest BCUT2D eigenvalue weighted by atomic mass is 16.7. The molecule has 0 aromatic carbocycles. The second-order valence-corrected chi connectivity index (χ2v) is 7.64. The molecule has 0 aromatic rings. The van der Waals surface area contributed by atoms with Gasteiger partial charge in [-0.15, -0.1) is 0 Å². The second kappa shape index (κ2) is 17.7. The van der Waals surface area contributed by atoms with Crippen molar-refractivity contribution in [2.24, 2.45) is 5.92 Å². The highest BCUT2D eigenvalue weighted by Crippen LogP contribution is 2.24. The summed E-state index contributed by atoms with van der Waals surface area (Å²) in [5.74, 6) is 0.246. The molecule has 1 saturated heterocycles. The number of carbonyl (C=O) groups is 1. The lowest BCUT2D eigenvalue weighted by Crippen LogP contribution is -2.48. The van der Waals surface area contributed by atoms with Gasteiger partial charge in [0.1, 0.15) is 6.10 Å². The summed E-state index contributed by atoms with van der Waals surface area (Å²) < 4.78 is 16.5. The van der Waals surface area contributed by atoms with Gasteiger partial charge in [-0.25, -0.2) is 4.79 Å². The lowest BCUT2D eigenvalue weighted by molar-refractivity contribution is -0.273. The molecule has 1 aliphatic carbocycles. The van der Waals surface area contributed by atoms with Gasteiger partial charge in [0, 0.05) is 12.5 Å². The minimum Gasteiger partial charge on any atom is -0.462 e. The van der Waals surface area contributed by atoms with Crippen LogP contribution in [0.3, 0.4) is 0 Å². The van der Waals surface area contributed by atoms with Crippen molar-refractivity contribution in [2.75, 3.05) is 6.61 Å². The predicted molar refractivity (Wildman–Crippen MR) is 120 cm³/mol. The molecule has 2 rings (SSSR count). The standard InChI is InChI=1S/C20H34O6.2C2H6/c1-14(25-20-18(22)12-17(21)15(2)26-20)8-6-7-11-19(23)24-13-16-9-4-3-5-10-16;2*1-2/h7,11,14-18,20-22H,3-6,8-10,12-13H2,1-2H3;2*1-2H3/b11-7+;;/t14-,15+,17-,18-,20-;;/m1../s1. The van der Waals surface area contributed by atoms with Crippen LogP contribution >= 0.6 is 0 Å². The average Bonchev–Trinajstić information content (AvgIpc) is 2.77. The van der Waals surface area contributed by atoms with E-state index in [2.05, 4.69) is 0 Å². The maximum atomic E-state index is 11.7. The fraction of sp³-hybridized carbons (Fsp3) is 0.875. The van der Waals surface area contributed by atoms with E-state index in [9.17, 15) is 15.0 Å². The quantitative estimate of drug-likeness (QED) is 0.426. The Morgan fingerprint density at radius 1 is 1.10 bits per heavy atom. The van der Waals surface area contributed by atoms with Crippen LogP contribution in [-0.4, -0.2) is 53.5 Å². The van der Waals surface area contributed by atoms with E-state index in [1.807, 2.05) is 34.6 Å². The Kier molecular flexibility index (Phi) is 17.1. The van der Waals surface area contributed by atoms with Gasteiger partial charge in [-0.2, -0.15) is 0 Å². The SMILES string of the molecule is CC.CC.C[C@H](CC/C=C/C(=O)OCC1CCCCC1)O[C@@H]1O[C@@H](C)[C@H](O)C[C@H]1O. The zero-order valence-corrected chi connectivity index (χ0v) is 20.0. The van der Waals surface area contributed by atoms with Gasteiger partial charge in [-0.3, -0.25) is 0 Å². The Hall–Kier alpha value is -0.950. The van der Waals surface area contributed by atoms with Crippen LogP contribution in [0.5, 0.6) is 0 Å². The molecule has 1 aliphatic heterocycles. The molecule has 1 saturated carbocycles. The van der Waals surface area contributed by atoms with Crippen LogP contribution < -0.4 is 0 Å². The van der Waals surface area contributed by atoms with E-state index in [1.54, 1.807) is 13.0 Å². The monoisotopic (exact) mass is 430 g/mol. The van der Waals surface area contributed by atoms with Crippen LogP contribution in [0.2, 0.25) is 0 Å². The van der Waals surface area contributed by atoms with Gasteiger partial charge in [0.2, 0.25) is 0 Å². The highest BCUT2D eigenvalue weighted by molar-refractivity contribution is 5.81. The van der Waals surface area contributed by atoms with Gasteiger partial charge < -0.3 is 24.4 Å². The van der Waals surface area contributed by atoms with Crippen molar-refractivity contribution in [1.82, 2.24) is 0 Å². The number of allylic oxidation sites excluding steroid dienone is 1. The molecule has 1 heterocycles. The van der Waals surface area contributed by atoms with Gasteiger partial charge >= 0.3 is 5.97 Å². The van der Waals surface area contributed by atoms with Crippen molar-refractivity contribution in [3.8, 4) is 0 Å². The van der Waals surface area contributed by atoms with Crippen LogP contribution in [0.25, 0.3) is 0 Å². The Morgan fingerprint density at radius 3 is 2.37 bits per heavy atom. The summed E-state index contributed by atoms with van der Waals surface area (Å²) in [4.78, 5) is 11.7. The fourth-order valence-corrected chi connectivity index (χ4v) is 3.48. The van der Waals surface area contributed by atoms with E-state index in [1.165, 1.54) is 25.3 Å². The van der Waals surface area contributed by atoms with Crippen LogP contribution in [0.15, 0.2) is 12.2 Å². The molecule has 2 N–H and O–H groups in total. The Morgan fingerprint density at radius 2 is 1.73 bits per heavy atom. The maximum Gasteiger partial charge on any atom is 0.330 e. The Bertz CT molecular complexity index is 447. The molecule has 2 aliphatic rings. The molecule has 178 valence electrons. The van der Waals surface area contributed by atoms with E-state index in [-0.39, 0.29) is 24.6 Å². The van der Waals surface area contributed by atoms with E-state index >= 15 is 0 Å². The number of hydrogen-bond donors (Lipinski definition) is 2. The lowest BCUT2D eigenvalue weighted by Gasteiger charge is -2.36. The molecule has 2 fully saturated rings. The van der Waals surface area contributed by atoms with Gasteiger partial charge in [0.25, 0.3) is 0 Å². The molecule has 30 heavy (non-hydrogen) atoms. The summed E-state index contributed by atoms with van der Waals surface area (Å²) in [6.07, 6.45) is 8.36. The summed E-state index contributed by atoms with van der Waals surface area (Å²) in [6.45, 7) is 12.2. The molecule has 0 amide bonds. The van der Waals surface area contributed by atoms with Crippen molar-refractivity contribution < 1.29 is 29.2 Å². The third kappa shape index (κ3) is 12.0. The zero-order valence-electron chi connectivity index (χ0n) is 20.0. The summed E-state index contributed by atoms with van der Waals surface area (Å²) in [6, 6.07) is 0. The molecule has 0 radical (unpaired) electrons. The summed E-state index contributed by atoms with van der Waals surface area (Å²) in [7, 11) is 0. The molecule has 0 spiro atoms. The van der Waals surface area contributed by atoms with Gasteiger partial charge in [0.05, 0.1) is 24.9 Å². The molecule has 6 nitrogen and oxygen atoms in total. The van der Waals surface area contributed by atoms with E-state index in [4.69, 9.17) is 14.2 Å². The number of esters is 1. The van der Waals surface area contributed by atoms with Gasteiger partial charge in [-0.05, 0) is 45.4 Å². The summed E-state index contributed by atoms with van der Waals surface area (Å²) in [5, 5.41) is 19.6. The smallest absolute Gasteiger partial charge is 0.330 e.